The molecule has 0 fully saturated rings. The molecule has 0 aliphatic heterocycles. The largest absolute Gasteiger partial charge is 0.309 e. The molecule has 3 heterocycles. The minimum atomic E-state index is 0.657. The number of nitrogens with zero attached hydrogens (tertiary/aromatic N) is 4. The first-order valence-electron chi connectivity index (χ1n) is 19.1. The molecule has 0 radical (unpaired) electrons. The Labute approximate surface area is 322 Å². The first kappa shape index (κ1) is 30.9. The molecular weight excluding hydrogens is 681 g/mol. The summed E-state index contributed by atoms with van der Waals surface area (Å²) in [5.41, 5.74) is 11.0. The molecule has 260 valence electrons. The van der Waals surface area contributed by atoms with Gasteiger partial charge in [0.25, 0.3) is 0 Å². The molecule has 0 amide bonds. The first-order valence-corrected chi connectivity index (χ1v) is 19.1. The Balaban J connectivity index is 1.13. The van der Waals surface area contributed by atoms with Gasteiger partial charge in [-0.15, -0.1) is 0 Å². The van der Waals surface area contributed by atoms with Gasteiger partial charge in [0.2, 0.25) is 5.95 Å². The lowest BCUT2D eigenvalue weighted by molar-refractivity contribution is 1.01. The molecule has 0 unspecified atom stereocenters. The van der Waals surface area contributed by atoms with Crippen molar-refractivity contribution in [1.82, 2.24) is 19.1 Å². The third kappa shape index (κ3) is 4.47. The molecule has 0 saturated heterocycles. The minimum Gasteiger partial charge on any atom is -0.309 e. The molecule has 0 bridgehead atoms. The number of rotatable bonds is 4. The second-order valence-electron chi connectivity index (χ2n) is 14.6. The molecule has 9 aromatic carbocycles. The van der Waals surface area contributed by atoms with Crippen molar-refractivity contribution >= 4 is 76.1 Å². The molecular formula is C52H32N4. The van der Waals surface area contributed by atoms with Crippen molar-refractivity contribution in [3.63, 3.8) is 0 Å². The fourth-order valence-electron chi connectivity index (χ4n) is 9.08. The molecule has 12 rings (SSSR count). The van der Waals surface area contributed by atoms with E-state index >= 15 is 0 Å². The van der Waals surface area contributed by atoms with E-state index in [4.69, 9.17) is 9.97 Å². The van der Waals surface area contributed by atoms with Crippen LogP contribution in [0.15, 0.2) is 194 Å². The van der Waals surface area contributed by atoms with Crippen molar-refractivity contribution in [2.24, 2.45) is 0 Å². The highest BCUT2D eigenvalue weighted by Crippen LogP contribution is 2.43. The van der Waals surface area contributed by atoms with Crippen LogP contribution in [0.1, 0.15) is 0 Å². The zero-order chi connectivity index (χ0) is 36.7. The van der Waals surface area contributed by atoms with Crippen LogP contribution in [0.2, 0.25) is 0 Å². The Morgan fingerprint density at radius 2 is 0.964 bits per heavy atom. The maximum Gasteiger partial charge on any atom is 0.235 e. The van der Waals surface area contributed by atoms with Crippen LogP contribution >= 0.6 is 0 Å². The Bertz CT molecular complexity index is 3530. The number of para-hydroxylation sites is 4. The lowest BCUT2D eigenvalue weighted by atomic mass is 9.94. The molecule has 4 nitrogen and oxygen atoms in total. The van der Waals surface area contributed by atoms with E-state index in [0.717, 1.165) is 49.7 Å². The summed E-state index contributed by atoms with van der Waals surface area (Å²) in [6.07, 6.45) is 0. The number of benzene rings is 9. The summed E-state index contributed by atoms with van der Waals surface area (Å²) in [7, 11) is 0. The number of fused-ring (bicyclic) bond motifs is 10. The predicted molar refractivity (Wildman–Crippen MR) is 234 cm³/mol. The zero-order valence-electron chi connectivity index (χ0n) is 30.3. The Morgan fingerprint density at radius 1 is 0.339 bits per heavy atom. The molecule has 0 spiro atoms. The molecule has 3 aromatic heterocycles. The molecule has 0 aliphatic rings. The van der Waals surface area contributed by atoms with Gasteiger partial charge in [0.05, 0.1) is 33.3 Å². The van der Waals surface area contributed by atoms with E-state index < -0.39 is 0 Å². The van der Waals surface area contributed by atoms with Gasteiger partial charge in [0.1, 0.15) is 0 Å². The topological polar surface area (TPSA) is 35.6 Å². The van der Waals surface area contributed by atoms with Crippen molar-refractivity contribution in [3.05, 3.63) is 194 Å². The lowest BCUT2D eigenvalue weighted by Crippen LogP contribution is -2.03. The maximum atomic E-state index is 5.43. The second kappa shape index (κ2) is 12.0. The van der Waals surface area contributed by atoms with Crippen LogP contribution in [0, 0.1) is 0 Å². The monoisotopic (exact) mass is 712 g/mol. The predicted octanol–water partition coefficient (Wildman–Crippen LogP) is 13.5. The van der Waals surface area contributed by atoms with Crippen molar-refractivity contribution in [3.8, 4) is 34.0 Å². The van der Waals surface area contributed by atoms with Gasteiger partial charge in [-0.3, -0.25) is 4.57 Å². The van der Waals surface area contributed by atoms with E-state index in [-0.39, 0.29) is 0 Å². The fraction of sp³-hybridized carbons (Fsp3) is 0. The number of hydrogen-bond acceptors (Lipinski definition) is 2. The van der Waals surface area contributed by atoms with Gasteiger partial charge in [0, 0.05) is 38.2 Å². The Hall–Kier alpha value is -7.56. The van der Waals surface area contributed by atoms with Crippen molar-refractivity contribution in [2.45, 2.75) is 0 Å². The number of hydrogen-bond donors (Lipinski definition) is 0. The smallest absolute Gasteiger partial charge is 0.235 e. The minimum absolute atomic E-state index is 0.657. The highest BCUT2D eigenvalue weighted by molar-refractivity contribution is 6.24. The fourth-order valence-corrected chi connectivity index (χ4v) is 9.08. The summed E-state index contributed by atoms with van der Waals surface area (Å²) in [5.74, 6) is 0.657. The third-order valence-electron chi connectivity index (χ3n) is 11.5. The van der Waals surface area contributed by atoms with E-state index in [2.05, 4.69) is 203 Å². The van der Waals surface area contributed by atoms with Crippen LogP contribution < -0.4 is 0 Å². The average Bonchev–Trinajstić information content (AvgIpc) is 3.78. The van der Waals surface area contributed by atoms with Crippen molar-refractivity contribution < 1.29 is 0 Å². The average molecular weight is 713 g/mol. The summed E-state index contributed by atoms with van der Waals surface area (Å²) in [6, 6.07) is 69.6. The van der Waals surface area contributed by atoms with Gasteiger partial charge in [-0.05, 0) is 81.2 Å². The van der Waals surface area contributed by atoms with Crippen molar-refractivity contribution in [1.29, 1.82) is 0 Å². The normalized spacial score (nSPS) is 11.9. The highest BCUT2D eigenvalue weighted by atomic mass is 15.2. The van der Waals surface area contributed by atoms with Crippen LogP contribution in [0.3, 0.4) is 0 Å². The van der Waals surface area contributed by atoms with E-state index in [0.29, 0.717) is 5.95 Å². The van der Waals surface area contributed by atoms with Gasteiger partial charge in [-0.25, -0.2) is 9.97 Å². The van der Waals surface area contributed by atoms with Crippen molar-refractivity contribution in [2.75, 3.05) is 0 Å². The zero-order valence-corrected chi connectivity index (χ0v) is 30.3. The van der Waals surface area contributed by atoms with E-state index in [9.17, 15) is 0 Å². The molecule has 56 heavy (non-hydrogen) atoms. The quantitative estimate of drug-likeness (QED) is 0.182. The van der Waals surface area contributed by atoms with Gasteiger partial charge in [-0.2, -0.15) is 0 Å². The summed E-state index contributed by atoms with van der Waals surface area (Å²) < 4.78 is 4.65. The highest BCUT2D eigenvalue weighted by Gasteiger charge is 2.21. The summed E-state index contributed by atoms with van der Waals surface area (Å²) in [5, 5.41) is 10.7. The molecule has 4 heteroatoms. The van der Waals surface area contributed by atoms with Crippen LogP contribution in [-0.4, -0.2) is 19.1 Å². The molecule has 0 atom stereocenters. The van der Waals surface area contributed by atoms with Gasteiger partial charge in [0.15, 0.2) is 0 Å². The van der Waals surface area contributed by atoms with E-state index in [1.54, 1.807) is 0 Å². The van der Waals surface area contributed by atoms with E-state index in [1.165, 1.54) is 54.5 Å². The SMILES string of the molecule is c1ccc(-n2c3ccccc3c3c4ccccc4c(-c4ccc5c(c4)c4ccccc4n5-c4nc(-c5cccc6ccccc56)c5ccccc5n4)cc32)cc1. The van der Waals surface area contributed by atoms with Gasteiger partial charge < -0.3 is 4.57 Å². The van der Waals surface area contributed by atoms with Gasteiger partial charge >= 0.3 is 0 Å². The van der Waals surface area contributed by atoms with Crippen LogP contribution in [0.4, 0.5) is 0 Å². The first-order chi connectivity index (χ1) is 27.8. The second-order valence-corrected chi connectivity index (χ2v) is 14.6. The third-order valence-corrected chi connectivity index (χ3v) is 11.5. The Kier molecular flexibility index (Phi) is 6.60. The Morgan fingerprint density at radius 3 is 1.80 bits per heavy atom. The summed E-state index contributed by atoms with van der Waals surface area (Å²) >= 11 is 0. The van der Waals surface area contributed by atoms with Gasteiger partial charge in [-0.1, -0.05) is 146 Å². The summed E-state index contributed by atoms with van der Waals surface area (Å²) in [4.78, 5) is 10.7. The van der Waals surface area contributed by atoms with Crippen LogP contribution in [-0.2, 0) is 0 Å². The lowest BCUT2D eigenvalue weighted by Gasteiger charge is -2.14. The van der Waals surface area contributed by atoms with Crippen LogP contribution in [0.25, 0.3) is 110 Å². The standard InChI is InChI=1S/C52H32N4/c1-2-17-35(18-3-1)55-47-28-13-10-24-42(47)50-39-22-7-6-20-37(39)43(32-49(50)55)34-29-30-48-44(31-34)38-21-9-12-27-46(38)56(48)52-53-45-26-11-8-23-41(45)51(54-52)40-25-14-16-33-15-4-5-19-36(33)40/h1-32H. The number of aromatic nitrogens is 4. The summed E-state index contributed by atoms with van der Waals surface area (Å²) in [6.45, 7) is 0. The molecule has 0 N–H and O–H groups in total. The van der Waals surface area contributed by atoms with Crippen LogP contribution in [0.5, 0.6) is 0 Å². The maximum absolute atomic E-state index is 5.43. The molecule has 0 saturated carbocycles. The molecule has 0 aliphatic carbocycles. The molecule has 12 aromatic rings. The van der Waals surface area contributed by atoms with E-state index in [1.807, 2.05) is 0 Å².